The average Bonchev–Trinajstić information content (AvgIpc) is 2.54. The third-order valence-corrected chi connectivity index (χ3v) is 5.19. The van der Waals surface area contributed by atoms with Crippen LogP contribution < -0.4 is 9.73 Å². The number of hydrazone groups is 1. The molecule has 2 rings (SSSR count). The predicted molar refractivity (Wildman–Crippen MR) is 109 cm³/mol. The molecule has 0 saturated heterocycles. The molecule has 0 saturated carbocycles. The summed E-state index contributed by atoms with van der Waals surface area (Å²) in [7, 11) is -3.60. The summed E-state index contributed by atoms with van der Waals surface area (Å²) in [5.74, 6) is -0.547. The van der Waals surface area contributed by atoms with E-state index in [-0.39, 0.29) is 6.54 Å². The van der Waals surface area contributed by atoms with Crippen molar-refractivity contribution >= 4 is 62.0 Å². The standard InChI is InChI=1S/C16H15ClIN3O3S/c1-25(23,24)21(15-8-6-14(18)7-9-15)11-16(22)20-19-10-12-2-4-13(17)5-3-12/h2-10H,11H2,1H3,(H,20,22)/b19-10-. The van der Waals surface area contributed by atoms with Gasteiger partial charge in [0.05, 0.1) is 18.2 Å². The second-order valence-corrected chi connectivity index (χ2v) is 8.68. The molecule has 0 fully saturated rings. The molecule has 132 valence electrons. The van der Waals surface area contributed by atoms with Crippen molar-refractivity contribution in [3.63, 3.8) is 0 Å². The Morgan fingerprint density at radius 1 is 1.20 bits per heavy atom. The van der Waals surface area contributed by atoms with Gasteiger partial charge in [-0.25, -0.2) is 13.8 Å². The van der Waals surface area contributed by atoms with Gasteiger partial charge in [-0.2, -0.15) is 5.10 Å². The summed E-state index contributed by atoms with van der Waals surface area (Å²) in [6, 6.07) is 13.7. The Morgan fingerprint density at radius 3 is 2.36 bits per heavy atom. The summed E-state index contributed by atoms with van der Waals surface area (Å²) in [4.78, 5) is 12.0. The quantitative estimate of drug-likeness (QED) is 0.383. The number of halogens is 2. The van der Waals surface area contributed by atoms with Crippen LogP contribution in [0.25, 0.3) is 0 Å². The molecule has 0 bridgehead atoms. The fourth-order valence-electron chi connectivity index (χ4n) is 1.90. The maximum atomic E-state index is 12.0. The molecule has 0 atom stereocenters. The molecule has 0 aliphatic heterocycles. The molecule has 0 radical (unpaired) electrons. The molecule has 0 aliphatic carbocycles. The van der Waals surface area contributed by atoms with E-state index < -0.39 is 15.9 Å². The van der Waals surface area contributed by atoms with Gasteiger partial charge in [-0.05, 0) is 64.6 Å². The highest BCUT2D eigenvalue weighted by Gasteiger charge is 2.20. The fourth-order valence-corrected chi connectivity index (χ4v) is 3.24. The Hall–Kier alpha value is -1.65. The molecule has 0 aliphatic rings. The Morgan fingerprint density at radius 2 is 1.80 bits per heavy atom. The SMILES string of the molecule is CS(=O)(=O)N(CC(=O)N/N=C\c1ccc(Cl)cc1)c1ccc(I)cc1. The summed E-state index contributed by atoms with van der Waals surface area (Å²) in [5, 5.41) is 4.42. The van der Waals surface area contributed by atoms with Crippen molar-refractivity contribution < 1.29 is 13.2 Å². The summed E-state index contributed by atoms with van der Waals surface area (Å²) in [5.41, 5.74) is 3.49. The number of amides is 1. The number of carbonyl (C=O) groups is 1. The van der Waals surface area contributed by atoms with Gasteiger partial charge in [0.1, 0.15) is 6.54 Å². The minimum absolute atomic E-state index is 0.364. The van der Waals surface area contributed by atoms with Crippen molar-refractivity contribution in [2.24, 2.45) is 5.10 Å². The second-order valence-electron chi connectivity index (χ2n) is 5.09. The number of hydrogen-bond donors (Lipinski definition) is 1. The topological polar surface area (TPSA) is 78.8 Å². The number of nitrogens with zero attached hydrogens (tertiary/aromatic N) is 2. The maximum Gasteiger partial charge on any atom is 0.260 e. The highest BCUT2D eigenvalue weighted by Crippen LogP contribution is 2.18. The lowest BCUT2D eigenvalue weighted by Gasteiger charge is -2.21. The molecule has 9 heteroatoms. The van der Waals surface area contributed by atoms with Gasteiger partial charge in [0.15, 0.2) is 0 Å². The Balaban J connectivity index is 2.04. The molecule has 0 spiro atoms. The number of sulfonamides is 1. The number of carbonyl (C=O) groups excluding carboxylic acids is 1. The third-order valence-electron chi connectivity index (χ3n) is 3.08. The lowest BCUT2D eigenvalue weighted by molar-refractivity contribution is -0.119. The van der Waals surface area contributed by atoms with Gasteiger partial charge in [-0.1, -0.05) is 23.7 Å². The molecule has 0 heterocycles. The molecule has 6 nitrogen and oxygen atoms in total. The van der Waals surface area contributed by atoms with Crippen molar-refractivity contribution in [2.45, 2.75) is 0 Å². The number of rotatable bonds is 6. The molecule has 25 heavy (non-hydrogen) atoms. The monoisotopic (exact) mass is 491 g/mol. The number of benzene rings is 2. The van der Waals surface area contributed by atoms with Gasteiger partial charge < -0.3 is 0 Å². The zero-order valence-corrected chi connectivity index (χ0v) is 16.9. The minimum atomic E-state index is -3.60. The molecular formula is C16H15ClIN3O3S. The van der Waals surface area contributed by atoms with Crippen LogP contribution in [0.5, 0.6) is 0 Å². The fraction of sp³-hybridized carbons (Fsp3) is 0.125. The first-order valence-electron chi connectivity index (χ1n) is 7.06. The van der Waals surface area contributed by atoms with E-state index in [0.717, 1.165) is 19.7 Å². The largest absolute Gasteiger partial charge is 0.271 e. The van der Waals surface area contributed by atoms with Crippen LogP contribution in [0.4, 0.5) is 5.69 Å². The molecule has 0 unspecified atom stereocenters. The normalized spacial score (nSPS) is 11.5. The highest BCUT2D eigenvalue weighted by molar-refractivity contribution is 14.1. The van der Waals surface area contributed by atoms with Gasteiger partial charge in [0.2, 0.25) is 10.0 Å². The molecule has 2 aromatic rings. The molecule has 1 amide bonds. The van der Waals surface area contributed by atoms with Crippen LogP contribution in [0.2, 0.25) is 5.02 Å². The van der Waals surface area contributed by atoms with Crippen molar-refractivity contribution in [1.82, 2.24) is 5.43 Å². The lowest BCUT2D eigenvalue weighted by atomic mass is 10.2. The van der Waals surface area contributed by atoms with Crippen LogP contribution in [0, 0.1) is 3.57 Å². The molecule has 0 aromatic heterocycles. The minimum Gasteiger partial charge on any atom is -0.271 e. The van der Waals surface area contributed by atoms with Gasteiger partial charge in [0.25, 0.3) is 5.91 Å². The van der Waals surface area contributed by atoms with Crippen LogP contribution in [-0.2, 0) is 14.8 Å². The molecule has 1 N–H and O–H groups in total. The van der Waals surface area contributed by atoms with Crippen LogP contribution in [0.1, 0.15) is 5.56 Å². The van der Waals surface area contributed by atoms with Crippen LogP contribution in [0.15, 0.2) is 53.6 Å². The van der Waals surface area contributed by atoms with Crippen LogP contribution in [-0.4, -0.2) is 33.3 Å². The van der Waals surface area contributed by atoms with E-state index >= 15 is 0 Å². The summed E-state index contributed by atoms with van der Waals surface area (Å²) < 4.78 is 25.9. The van der Waals surface area contributed by atoms with Gasteiger partial charge >= 0.3 is 0 Å². The van der Waals surface area contributed by atoms with E-state index in [0.29, 0.717) is 10.7 Å². The van der Waals surface area contributed by atoms with E-state index in [9.17, 15) is 13.2 Å². The van der Waals surface area contributed by atoms with Gasteiger partial charge in [-0.15, -0.1) is 0 Å². The third kappa shape index (κ3) is 6.29. The number of hydrogen-bond acceptors (Lipinski definition) is 4. The highest BCUT2D eigenvalue weighted by atomic mass is 127. The van der Waals surface area contributed by atoms with E-state index in [1.54, 1.807) is 48.5 Å². The second kappa shape index (κ2) is 8.63. The van der Waals surface area contributed by atoms with E-state index in [2.05, 4.69) is 33.1 Å². The van der Waals surface area contributed by atoms with Gasteiger partial charge in [0, 0.05) is 8.59 Å². The van der Waals surface area contributed by atoms with Crippen molar-refractivity contribution in [3.05, 3.63) is 62.7 Å². The Labute approximate surface area is 165 Å². The summed E-state index contributed by atoms with van der Waals surface area (Å²) >= 11 is 7.90. The van der Waals surface area contributed by atoms with Gasteiger partial charge in [-0.3, -0.25) is 9.10 Å². The first-order valence-corrected chi connectivity index (χ1v) is 10.4. The zero-order valence-electron chi connectivity index (χ0n) is 13.2. The van der Waals surface area contributed by atoms with Crippen LogP contribution in [0.3, 0.4) is 0 Å². The first-order chi connectivity index (χ1) is 11.8. The number of nitrogens with one attached hydrogen (secondary N) is 1. The first kappa shape index (κ1) is 19.7. The lowest BCUT2D eigenvalue weighted by Crippen LogP contribution is -2.39. The maximum absolute atomic E-state index is 12.0. The van der Waals surface area contributed by atoms with E-state index in [1.807, 2.05) is 0 Å². The van der Waals surface area contributed by atoms with Crippen molar-refractivity contribution in [2.75, 3.05) is 17.1 Å². The Bertz CT molecular complexity index is 869. The van der Waals surface area contributed by atoms with Crippen molar-refractivity contribution in [1.29, 1.82) is 0 Å². The molecular weight excluding hydrogens is 477 g/mol. The zero-order chi connectivity index (χ0) is 18.4. The Kier molecular flexibility index (Phi) is 6.79. The van der Waals surface area contributed by atoms with Crippen molar-refractivity contribution in [3.8, 4) is 0 Å². The smallest absolute Gasteiger partial charge is 0.260 e. The summed E-state index contributed by atoms with van der Waals surface area (Å²) in [6.45, 7) is -0.364. The predicted octanol–water partition coefficient (Wildman–Crippen LogP) is 2.86. The summed E-state index contributed by atoms with van der Waals surface area (Å²) in [6.07, 6.45) is 2.50. The van der Waals surface area contributed by atoms with E-state index in [4.69, 9.17) is 11.6 Å². The van der Waals surface area contributed by atoms with Crippen LogP contribution >= 0.6 is 34.2 Å². The van der Waals surface area contributed by atoms with E-state index in [1.165, 1.54) is 6.21 Å². The number of anilines is 1. The average molecular weight is 492 g/mol. The molecule has 2 aromatic carbocycles.